The second kappa shape index (κ2) is 10.2. The van der Waals surface area contributed by atoms with Crippen molar-refractivity contribution in [2.24, 2.45) is 0 Å². The predicted molar refractivity (Wildman–Crippen MR) is 127 cm³/mol. The zero-order valence-electron chi connectivity index (χ0n) is 18.0. The molecule has 0 aliphatic heterocycles. The van der Waals surface area contributed by atoms with E-state index in [-0.39, 0.29) is 11.7 Å². The Morgan fingerprint density at radius 1 is 0.938 bits per heavy atom. The molecular formula is C25H24N4O2S. The van der Waals surface area contributed by atoms with Gasteiger partial charge in [0.05, 0.1) is 12.9 Å². The third kappa shape index (κ3) is 5.00. The minimum Gasteiger partial charge on any atom is -0.497 e. The molecule has 162 valence electrons. The van der Waals surface area contributed by atoms with E-state index < -0.39 is 0 Å². The summed E-state index contributed by atoms with van der Waals surface area (Å²) in [7, 11) is 3.45. The maximum absolute atomic E-state index is 12.8. The van der Waals surface area contributed by atoms with Crippen LogP contribution in [-0.4, -0.2) is 45.5 Å². The number of para-hydroxylation sites is 1. The largest absolute Gasteiger partial charge is 0.497 e. The minimum atomic E-state index is 0.0229. The number of carbonyl (C=O) groups is 1. The third-order valence-electron chi connectivity index (χ3n) is 5.01. The molecule has 4 aromatic rings. The number of amides is 1. The van der Waals surface area contributed by atoms with Gasteiger partial charge in [0.2, 0.25) is 5.91 Å². The highest BCUT2D eigenvalue weighted by Crippen LogP contribution is 2.28. The van der Waals surface area contributed by atoms with Gasteiger partial charge in [-0.2, -0.15) is 0 Å². The molecule has 0 saturated heterocycles. The Morgan fingerprint density at radius 2 is 1.59 bits per heavy atom. The molecule has 32 heavy (non-hydrogen) atoms. The number of hydrogen-bond donors (Lipinski definition) is 0. The fraction of sp³-hybridized carbons (Fsp3) is 0.160. The second-order valence-electron chi connectivity index (χ2n) is 7.23. The molecule has 4 rings (SSSR count). The van der Waals surface area contributed by atoms with Crippen LogP contribution in [-0.2, 0) is 11.3 Å². The van der Waals surface area contributed by atoms with Crippen LogP contribution in [0, 0.1) is 0 Å². The first kappa shape index (κ1) is 21.6. The van der Waals surface area contributed by atoms with Crippen molar-refractivity contribution in [1.29, 1.82) is 0 Å². The van der Waals surface area contributed by atoms with Gasteiger partial charge in [-0.05, 0) is 29.8 Å². The van der Waals surface area contributed by atoms with Gasteiger partial charge in [0, 0.05) is 24.8 Å². The maximum atomic E-state index is 12.8. The van der Waals surface area contributed by atoms with Crippen LogP contribution in [0.25, 0.3) is 17.1 Å². The highest BCUT2D eigenvalue weighted by molar-refractivity contribution is 7.99. The fourth-order valence-electron chi connectivity index (χ4n) is 3.28. The lowest BCUT2D eigenvalue weighted by Crippen LogP contribution is -2.27. The SMILES string of the molecule is COc1ccc(CN(C)C(=O)CSc2nnc(-c3ccccc3)n2-c2ccccc2)cc1. The highest BCUT2D eigenvalue weighted by atomic mass is 32.2. The van der Waals surface area contributed by atoms with Gasteiger partial charge in [0.15, 0.2) is 11.0 Å². The molecule has 1 heterocycles. The number of carbonyl (C=O) groups excluding carboxylic acids is 1. The standard InChI is InChI=1S/C25H24N4O2S/c1-28(17-19-13-15-22(31-2)16-14-19)23(30)18-32-25-27-26-24(20-9-5-3-6-10-20)29(25)21-11-7-4-8-12-21/h3-16H,17-18H2,1-2H3. The molecule has 0 unspecified atom stereocenters. The van der Waals surface area contributed by atoms with Crippen LogP contribution < -0.4 is 4.74 Å². The van der Waals surface area contributed by atoms with E-state index in [0.717, 1.165) is 28.4 Å². The quantitative estimate of drug-likeness (QED) is 0.369. The molecular weight excluding hydrogens is 420 g/mol. The van der Waals surface area contributed by atoms with Crippen LogP contribution in [0.5, 0.6) is 5.75 Å². The molecule has 7 heteroatoms. The molecule has 0 saturated carbocycles. The first-order chi connectivity index (χ1) is 15.7. The minimum absolute atomic E-state index is 0.0229. The van der Waals surface area contributed by atoms with E-state index in [0.29, 0.717) is 11.7 Å². The number of rotatable bonds is 8. The molecule has 0 aliphatic carbocycles. The summed E-state index contributed by atoms with van der Waals surface area (Å²) >= 11 is 1.39. The topological polar surface area (TPSA) is 60.2 Å². The van der Waals surface area contributed by atoms with E-state index in [2.05, 4.69) is 10.2 Å². The third-order valence-corrected chi connectivity index (χ3v) is 5.92. The molecule has 0 radical (unpaired) electrons. The summed E-state index contributed by atoms with van der Waals surface area (Å²) < 4.78 is 7.19. The van der Waals surface area contributed by atoms with E-state index >= 15 is 0 Å². The first-order valence-electron chi connectivity index (χ1n) is 10.2. The molecule has 0 aliphatic rings. The molecule has 0 N–H and O–H groups in total. The lowest BCUT2D eigenvalue weighted by atomic mass is 10.2. The van der Waals surface area contributed by atoms with Crippen LogP contribution >= 0.6 is 11.8 Å². The summed E-state index contributed by atoms with van der Waals surface area (Å²) in [5.74, 6) is 1.84. The van der Waals surface area contributed by atoms with Crippen LogP contribution in [0.2, 0.25) is 0 Å². The number of benzene rings is 3. The van der Waals surface area contributed by atoms with Crippen LogP contribution in [0.1, 0.15) is 5.56 Å². The molecule has 0 fully saturated rings. The van der Waals surface area contributed by atoms with Gasteiger partial charge in [-0.3, -0.25) is 9.36 Å². The summed E-state index contributed by atoms with van der Waals surface area (Å²) in [5.41, 5.74) is 2.97. The Labute approximate surface area is 191 Å². The number of ether oxygens (including phenoxy) is 1. The monoisotopic (exact) mass is 444 g/mol. The van der Waals surface area contributed by atoms with Crippen molar-refractivity contribution < 1.29 is 9.53 Å². The lowest BCUT2D eigenvalue weighted by Gasteiger charge is -2.17. The van der Waals surface area contributed by atoms with Gasteiger partial charge in [-0.15, -0.1) is 10.2 Å². The van der Waals surface area contributed by atoms with Crippen molar-refractivity contribution in [2.75, 3.05) is 19.9 Å². The van der Waals surface area contributed by atoms with Crippen molar-refractivity contribution in [3.63, 3.8) is 0 Å². The van der Waals surface area contributed by atoms with Crippen molar-refractivity contribution in [3.8, 4) is 22.8 Å². The predicted octanol–water partition coefficient (Wildman–Crippen LogP) is 4.69. The molecule has 6 nitrogen and oxygen atoms in total. The average Bonchev–Trinajstić information content (AvgIpc) is 3.28. The number of thioether (sulfide) groups is 1. The smallest absolute Gasteiger partial charge is 0.233 e. The summed E-state index contributed by atoms with van der Waals surface area (Å²) in [4.78, 5) is 14.5. The zero-order valence-corrected chi connectivity index (χ0v) is 18.8. The maximum Gasteiger partial charge on any atom is 0.233 e. The summed E-state index contributed by atoms with van der Waals surface area (Å²) in [6.45, 7) is 0.532. The van der Waals surface area contributed by atoms with E-state index in [9.17, 15) is 4.79 Å². The fourth-order valence-corrected chi connectivity index (χ4v) is 4.17. The van der Waals surface area contributed by atoms with E-state index in [1.807, 2.05) is 96.5 Å². The molecule has 1 aromatic heterocycles. The molecule has 0 spiro atoms. The van der Waals surface area contributed by atoms with Gasteiger partial charge in [0.25, 0.3) is 0 Å². The zero-order chi connectivity index (χ0) is 22.3. The number of nitrogens with zero attached hydrogens (tertiary/aromatic N) is 4. The Balaban J connectivity index is 1.50. The Morgan fingerprint density at radius 3 is 2.25 bits per heavy atom. The number of aromatic nitrogens is 3. The molecule has 1 amide bonds. The van der Waals surface area contributed by atoms with Crippen molar-refractivity contribution in [2.45, 2.75) is 11.7 Å². The summed E-state index contributed by atoms with van der Waals surface area (Å²) in [5, 5.41) is 9.50. The summed E-state index contributed by atoms with van der Waals surface area (Å²) in [6, 6.07) is 27.6. The van der Waals surface area contributed by atoms with Crippen LogP contribution in [0.15, 0.2) is 90.1 Å². The molecule has 0 atom stereocenters. The molecule has 0 bridgehead atoms. The van der Waals surface area contributed by atoms with Crippen molar-refractivity contribution in [1.82, 2.24) is 19.7 Å². The van der Waals surface area contributed by atoms with Gasteiger partial charge in [-0.1, -0.05) is 72.4 Å². The number of hydrogen-bond acceptors (Lipinski definition) is 5. The normalized spacial score (nSPS) is 10.7. The summed E-state index contributed by atoms with van der Waals surface area (Å²) in [6.07, 6.45) is 0. The van der Waals surface area contributed by atoms with Gasteiger partial charge in [-0.25, -0.2) is 0 Å². The van der Waals surface area contributed by atoms with Crippen molar-refractivity contribution in [3.05, 3.63) is 90.5 Å². The van der Waals surface area contributed by atoms with Gasteiger partial charge < -0.3 is 9.64 Å². The Hall–Kier alpha value is -3.58. The van der Waals surface area contributed by atoms with E-state index in [1.54, 1.807) is 12.0 Å². The van der Waals surface area contributed by atoms with Gasteiger partial charge in [0.1, 0.15) is 5.75 Å². The van der Waals surface area contributed by atoms with Gasteiger partial charge >= 0.3 is 0 Å². The Kier molecular flexibility index (Phi) is 6.87. The highest BCUT2D eigenvalue weighted by Gasteiger charge is 2.18. The first-order valence-corrected chi connectivity index (χ1v) is 11.2. The second-order valence-corrected chi connectivity index (χ2v) is 8.17. The molecule has 3 aromatic carbocycles. The lowest BCUT2D eigenvalue weighted by molar-refractivity contribution is -0.127. The van der Waals surface area contributed by atoms with Crippen molar-refractivity contribution >= 4 is 17.7 Å². The van der Waals surface area contributed by atoms with E-state index in [1.165, 1.54) is 11.8 Å². The Bertz CT molecular complexity index is 1160. The average molecular weight is 445 g/mol. The van der Waals surface area contributed by atoms with E-state index in [4.69, 9.17) is 4.74 Å². The van der Waals surface area contributed by atoms with Crippen LogP contribution in [0.3, 0.4) is 0 Å². The number of methoxy groups -OCH3 is 1. The van der Waals surface area contributed by atoms with Crippen LogP contribution in [0.4, 0.5) is 0 Å².